The first-order valence-corrected chi connectivity index (χ1v) is 7.13. The van der Waals surface area contributed by atoms with Gasteiger partial charge in [-0.05, 0) is 37.3 Å². The number of rotatable bonds is 5. The van der Waals surface area contributed by atoms with Crippen LogP contribution in [0.1, 0.15) is 49.2 Å². The molecule has 19 heavy (non-hydrogen) atoms. The molecule has 4 heteroatoms. The van der Waals surface area contributed by atoms with Crippen molar-refractivity contribution in [2.75, 3.05) is 18.0 Å². The second-order valence-electron chi connectivity index (χ2n) is 5.25. The highest BCUT2D eigenvalue weighted by Crippen LogP contribution is 2.26. The van der Waals surface area contributed by atoms with Crippen LogP contribution < -0.4 is 4.90 Å². The minimum absolute atomic E-state index is 0.348. The van der Waals surface area contributed by atoms with Gasteiger partial charge in [0.05, 0.1) is 5.56 Å². The Hall–Kier alpha value is -1.58. The number of aryl methyl sites for hydroxylation is 1. The molecule has 1 aromatic rings. The van der Waals surface area contributed by atoms with Gasteiger partial charge < -0.3 is 10.0 Å². The Morgan fingerprint density at radius 3 is 2.89 bits per heavy atom. The average molecular weight is 262 g/mol. The molecule has 104 valence electrons. The lowest BCUT2D eigenvalue weighted by molar-refractivity contribution is 0.0696. The van der Waals surface area contributed by atoms with Crippen LogP contribution in [0.25, 0.3) is 0 Å². The zero-order chi connectivity index (χ0) is 13.8. The Morgan fingerprint density at radius 2 is 2.26 bits per heavy atom. The van der Waals surface area contributed by atoms with Crippen molar-refractivity contribution in [1.29, 1.82) is 0 Å². The van der Waals surface area contributed by atoms with Gasteiger partial charge in [0.15, 0.2) is 0 Å². The van der Waals surface area contributed by atoms with Crippen molar-refractivity contribution >= 4 is 11.8 Å². The van der Waals surface area contributed by atoms with Crippen LogP contribution in [0.3, 0.4) is 0 Å². The SMILES string of the molecule is CCCC1CCN(c2cc(C(=O)O)cc(CC)n2)C1. The second kappa shape index (κ2) is 6.04. The molecule has 1 aliphatic rings. The number of carbonyl (C=O) groups is 1. The number of anilines is 1. The van der Waals surface area contributed by atoms with Crippen LogP contribution in [0.15, 0.2) is 12.1 Å². The second-order valence-corrected chi connectivity index (χ2v) is 5.25. The lowest BCUT2D eigenvalue weighted by Crippen LogP contribution is -2.21. The molecule has 2 rings (SSSR count). The van der Waals surface area contributed by atoms with Gasteiger partial charge in [-0.15, -0.1) is 0 Å². The molecule has 1 atom stereocenters. The number of aromatic carboxylic acids is 1. The summed E-state index contributed by atoms with van der Waals surface area (Å²) in [6.07, 6.45) is 4.41. The molecule has 0 radical (unpaired) electrons. The molecule has 0 spiro atoms. The maximum absolute atomic E-state index is 11.2. The molecule has 1 N–H and O–H groups in total. The van der Waals surface area contributed by atoms with Crippen molar-refractivity contribution in [2.45, 2.75) is 39.5 Å². The van der Waals surface area contributed by atoms with Gasteiger partial charge >= 0.3 is 5.97 Å². The predicted octanol–water partition coefficient (Wildman–Crippen LogP) is 2.97. The van der Waals surface area contributed by atoms with Gasteiger partial charge in [0.2, 0.25) is 0 Å². The molecule has 1 unspecified atom stereocenters. The van der Waals surface area contributed by atoms with Crippen LogP contribution in [0.2, 0.25) is 0 Å². The summed E-state index contributed by atoms with van der Waals surface area (Å²) < 4.78 is 0. The number of nitrogens with zero attached hydrogens (tertiary/aromatic N) is 2. The lowest BCUT2D eigenvalue weighted by atomic mass is 10.0. The van der Waals surface area contributed by atoms with Crippen LogP contribution in [0.4, 0.5) is 5.82 Å². The summed E-state index contributed by atoms with van der Waals surface area (Å²) in [6, 6.07) is 3.38. The van der Waals surface area contributed by atoms with E-state index in [0.717, 1.165) is 36.9 Å². The number of hydrogen-bond acceptors (Lipinski definition) is 3. The van der Waals surface area contributed by atoms with E-state index in [1.807, 2.05) is 6.92 Å². The number of hydrogen-bond donors (Lipinski definition) is 1. The number of aromatic nitrogens is 1. The van der Waals surface area contributed by atoms with Crippen molar-refractivity contribution in [2.24, 2.45) is 5.92 Å². The average Bonchev–Trinajstić information content (AvgIpc) is 2.87. The van der Waals surface area contributed by atoms with E-state index < -0.39 is 5.97 Å². The topological polar surface area (TPSA) is 53.4 Å². The Kier molecular flexibility index (Phi) is 4.40. The Balaban J connectivity index is 2.20. The van der Waals surface area contributed by atoms with Crippen molar-refractivity contribution in [3.63, 3.8) is 0 Å². The van der Waals surface area contributed by atoms with E-state index in [1.54, 1.807) is 12.1 Å². The highest BCUT2D eigenvalue weighted by molar-refractivity contribution is 5.88. The van der Waals surface area contributed by atoms with Crippen molar-refractivity contribution in [1.82, 2.24) is 4.98 Å². The lowest BCUT2D eigenvalue weighted by Gasteiger charge is -2.19. The van der Waals surface area contributed by atoms with E-state index >= 15 is 0 Å². The summed E-state index contributed by atoms with van der Waals surface area (Å²) in [5, 5.41) is 9.16. The zero-order valence-electron chi connectivity index (χ0n) is 11.7. The molecule has 0 amide bonds. The highest BCUT2D eigenvalue weighted by Gasteiger charge is 2.23. The molecule has 0 saturated carbocycles. The Morgan fingerprint density at radius 1 is 1.47 bits per heavy atom. The van der Waals surface area contributed by atoms with Gasteiger partial charge in [-0.2, -0.15) is 0 Å². The zero-order valence-corrected chi connectivity index (χ0v) is 11.7. The smallest absolute Gasteiger partial charge is 0.335 e. The van der Waals surface area contributed by atoms with E-state index in [2.05, 4.69) is 16.8 Å². The van der Waals surface area contributed by atoms with Gasteiger partial charge in [0.1, 0.15) is 5.82 Å². The first-order valence-electron chi connectivity index (χ1n) is 7.13. The quantitative estimate of drug-likeness (QED) is 0.886. The number of pyridine rings is 1. The molecule has 0 aliphatic carbocycles. The predicted molar refractivity (Wildman–Crippen MR) is 75.8 cm³/mol. The summed E-state index contributed by atoms with van der Waals surface area (Å²) in [4.78, 5) is 18.0. The summed E-state index contributed by atoms with van der Waals surface area (Å²) in [7, 11) is 0. The summed E-state index contributed by atoms with van der Waals surface area (Å²) >= 11 is 0. The van der Waals surface area contributed by atoms with E-state index in [1.165, 1.54) is 19.3 Å². The standard InChI is InChI=1S/C15H22N2O2/c1-3-5-11-6-7-17(10-11)14-9-12(15(18)19)8-13(4-2)16-14/h8-9,11H,3-7,10H2,1-2H3,(H,18,19). The highest BCUT2D eigenvalue weighted by atomic mass is 16.4. The molecule has 1 fully saturated rings. The summed E-state index contributed by atoms with van der Waals surface area (Å²) in [5.74, 6) is 0.684. The van der Waals surface area contributed by atoms with E-state index in [9.17, 15) is 4.79 Å². The fourth-order valence-electron chi connectivity index (χ4n) is 2.72. The van der Waals surface area contributed by atoms with Gasteiger partial charge in [-0.1, -0.05) is 20.3 Å². The van der Waals surface area contributed by atoms with Crippen LogP contribution >= 0.6 is 0 Å². The van der Waals surface area contributed by atoms with Gasteiger partial charge in [0.25, 0.3) is 0 Å². The third-order valence-corrected chi connectivity index (χ3v) is 3.78. The van der Waals surface area contributed by atoms with Gasteiger partial charge in [-0.3, -0.25) is 0 Å². The minimum Gasteiger partial charge on any atom is -0.478 e. The van der Waals surface area contributed by atoms with Crippen LogP contribution in [-0.4, -0.2) is 29.1 Å². The van der Waals surface area contributed by atoms with E-state index in [0.29, 0.717) is 5.56 Å². The van der Waals surface area contributed by atoms with Crippen LogP contribution in [-0.2, 0) is 6.42 Å². The largest absolute Gasteiger partial charge is 0.478 e. The maximum atomic E-state index is 11.2. The van der Waals surface area contributed by atoms with Crippen LogP contribution in [0.5, 0.6) is 0 Å². The third kappa shape index (κ3) is 3.25. The number of carboxylic acids is 1. The molecule has 1 aromatic heterocycles. The molecule has 1 saturated heterocycles. The normalized spacial score (nSPS) is 18.8. The molecular weight excluding hydrogens is 240 g/mol. The first-order chi connectivity index (χ1) is 9.13. The first kappa shape index (κ1) is 13.8. The molecule has 2 heterocycles. The van der Waals surface area contributed by atoms with Crippen molar-refractivity contribution in [3.8, 4) is 0 Å². The Bertz CT molecular complexity index is 459. The maximum Gasteiger partial charge on any atom is 0.335 e. The van der Waals surface area contributed by atoms with Gasteiger partial charge in [-0.25, -0.2) is 9.78 Å². The molecule has 0 bridgehead atoms. The molecule has 4 nitrogen and oxygen atoms in total. The Labute approximate surface area is 114 Å². The summed E-state index contributed by atoms with van der Waals surface area (Å²) in [5.41, 5.74) is 1.20. The minimum atomic E-state index is -0.873. The third-order valence-electron chi connectivity index (χ3n) is 3.78. The van der Waals surface area contributed by atoms with Gasteiger partial charge in [0, 0.05) is 18.8 Å². The van der Waals surface area contributed by atoms with Crippen LogP contribution in [0, 0.1) is 5.92 Å². The number of carboxylic acid groups (broad SMARTS) is 1. The van der Waals surface area contributed by atoms with E-state index in [-0.39, 0.29) is 0 Å². The fourth-order valence-corrected chi connectivity index (χ4v) is 2.72. The molecule has 0 aromatic carbocycles. The molecular formula is C15H22N2O2. The van der Waals surface area contributed by atoms with Crippen molar-refractivity contribution < 1.29 is 9.90 Å². The monoisotopic (exact) mass is 262 g/mol. The fraction of sp³-hybridized carbons (Fsp3) is 0.600. The molecule has 1 aliphatic heterocycles. The summed E-state index contributed by atoms with van der Waals surface area (Å²) in [6.45, 7) is 6.21. The van der Waals surface area contributed by atoms with Crippen molar-refractivity contribution in [3.05, 3.63) is 23.4 Å². The van der Waals surface area contributed by atoms with E-state index in [4.69, 9.17) is 5.11 Å².